The van der Waals surface area contributed by atoms with Crippen molar-refractivity contribution in [2.24, 2.45) is 0 Å². The molecule has 1 aliphatic heterocycles. The van der Waals surface area contributed by atoms with Crippen LogP contribution in [-0.4, -0.2) is 48.4 Å². The Morgan fingerprint density at radius 2 is 1.93 bits per heavy atom. The number of para-hydroxylation sites is 2. The number of benzene rings is 1. The van der Waals surface area contributed by atoms with Gasteiger partial charge < -0.3 is 14.8 Å². The van der Waals surface area contributed by atoms with Gasteiger partial charge in [0.2, 0.25) is 16.1 Å². The van der Waals surface area contributed by atoms with Gasteiger partial charge in [0, 0.05) is 18.9 Å². The molecule has 0 radical (unpaired) electrons. The first-order valence-electron chi connectivity index (χ1n) is 9.05. The molecule has 3 aromatic rings. The molecular formula is C19H20N4O5S. The molecule has 1 amide bonds. The van der Waals surface area contributed by atoms with E-state index in [0.717, 1.165) is 5.52 Å². The van der Waals surface area contributed by atoms with Crippen LogP contribution in [0.2, 0.25) is 0 Å². The molecule has 9 nitrogen and oxygen atoms in total. The third kappa shape index (κ3) is 4.27. The van der Waals surface area contributed by atoms with Gasteiger partial charge in [-0.3, -0.25) is 9.52 Å². The highest BCUT2D eigenvalue weighted by Crippen LogP contribution is 2.33. The fourth-order valence-corrected chi connectivity index (χ4v) is 3.99. The summed E-state index contributed by atoms with van der Waals surface area (Å²) in [6.07, 6.45) is 1.93. The van der Waals surface area contributed by atoms with Crippen molar-refractivity contribution in [3.63, 3.8) is 0 Å². The number of nitrogens with one attached hydrogen (secondary N) is 2. The fourth-order valence-electron chi connectivity index (χ4n) is 3.03. The first kappa shape index (κ1) is 19.1. The highest BCUT2D eigenvalue weighted by atomic mass is 32.2. The molecular weight excluding hydrogens is 396 g/mol. The lowest BCUT2D eigenvalue weighted by Crippen LogP contribution is -2.49. The average Bonchev–Trinajstić information content (AvgIpc) is 3.14. The van der Waals surface area contributed by atoms with Crippen LogP contribution in [0.1, 0.15) is 6.92 Å². The number of amides is 1. The van der Waals surface area contributed by atoms with Gasteiger partial charge in [-0.15, -0.1) is 0 Å². The minimum atomic E-state index is -3.64. The predicted octanol–water partition coefficient (Wildman–Crippen LogP) is 1.42. The molecule has 1 aromatic carbocycles. The normalized spacial score (nSPS) is 18.4. The highest BCUT2D eigenvalue weighted by molar-refractivity contribution is 7.92. The molecule has 2 unspecified atom stereocenters. The van der Waals surface area contributed by atoms with Crippen LogP contribution in [0.3, 0.4) is 0 Å². The van der Waals surface area contributed by atoms with E-state index in [9.17, 15) is 13.2 Å². The Hall–Kier alpha value is -3.27. The van der Waals surface area contributed by atoms with Crippen LogP contribution in [0.4, 0.5) is 5.69 Å². The molecule has 2 N–H and O–H groups in total. The van der Waals surface area contributed by atoms with Crippen LogP contribution < -0.4 is 19.5 Å². The SMILES string of the molecule is CC1Oc2ccccc2OC1C(=O)NCCS(=O)(=O)Nc1ccn2nccc2c1. The van der Waals surface area contributed by atoms with E-state index in [1.807, 2.05) is 6.07 Å². The molecule has 0 aliphatic carbocycles. The van der Waals surface area contributed by atoms with Crippen LogP contribution in [0.15, 0.2) is 54.9 Å². The summed E-state index contributed by atoms with van der Waals surface area (Å²) in [6.45, 7) is 1.67. The zero-order valence-corrected chi connectivity index (χ0v) is 16.4. The lowest BCUT2D eigenvalue weighted by Gasteiger charge is -2.31. The van der Waals surface area contributed by atoms with Crippen molar-refractivity contribution in [2.75, 3.05) is 17.0 Å². The maximum Gasteiger partial charge on any atom is 0.265 e. The van der Waals surface area contributed by atoms with Crippen LogP contribution in [0, 0.1) is 0 Å². The van der Waals surface area contributed by atoms with E-state index in [4.69, 9.17) is 9.47 Å². The monoisotopic (exact) mass is 416 g/mol. The first-order chi connectivity index (χ1) is 13.9. The molecule has 0 saturated carbocycles. The summed E-state index contributed by atoms with van der Waals surface area (Å²) in [6, 6.07) is 12.1. The molecule has 2 aromatic heterocycles. The Kier molecular flexibility index (Phi) is 5.01. The molecule has 1 aliphatic rings. The van der Waals surface area contributed by atoms with Crippen molar-refractivity contribution < 1.29 is 22.7 Å². The first-order valence-corrected chi connectivity index (χ1v) is 10.7. The van der Waals surface area contributed by atoms with Gasteiger partial charge in [0.25, 0.3) is 5.91 Å². The van der Waals surface area contributed by atoms with Crippen molar-refractivity contribution in [1.82, 2.24) is 14.9 Å². The molecule has 10 heteroatoms. The molecule has 2 atom stereocenters. The number of sulfonamides is 1. The number of carbonyl (C=O) groups excluding carboxylic acids is 1. The third-order valence-corrected chi connectivity index (χ3v) is 5.73. The number of nitrogens with zero attached hydrogens (tertiary/aromatic N) is 2. The van der Waals surface area contributed by atoms with Gasteiger partial charge in [-0.05, 0) is 37.3 Å². The smallest absolute Gasteiger partial charge is 0.265 e. The van der Waals surface area contributed by atoms with E-state index in [2.05, 4.69) is 15.1 Å². The van der Waals surface area contributed by atoms with Crippen LogP contribution in [-0.2, 0) is 14.8 Å². The number of anilines is 1. The number of carbonyl (C=O) groups is 1. The Balaban J connectivity index is 1.32. The second-order valence-electron chi connectivity index (χ2n) is 6.64. The standard InChI is InChI=1S/C19H20N4O5S/c1-13-18(28-17-5-3-2-4-16(17)27-13)19(24)20-9-11-29(25,26)22-14-7-10-23-15(12-14)6-8-21-23/h2-8,10,12-13,18,22H,9,11H2,1H3,(H,20,24). The van der Waals surface area contributed by atoms with Crippen LogP contribution in [0.25, 0.3) is 5.52 Å². The van der Waals surface area contributed by atoms with E-state index < -0.39 is 28.1 Å². The largest absolute Gasteiger partial charge is 0.482 e. The van der Waals surface area contributed by atoms with Crippen LogP contribution >= 0.6 is 0 Å². The summed E-state index contributed by atoms with van der Waals surface area (Å²) in [7, 11) is -3.64. The van der Waals surface area contributed by atoms with Crippen molar-refractivity contribution in [3.05, 3.63) is 54.9 Å². The second-order valence-corrected chi connectivity index (χ2v) is 8.48. The molecule has 0 spiro atoms. The summed E-state index contributed by atoms with van der Waals surface area (Å²) < 4.78 is 40.2. The van der Waals surface area contributed by atoms with E-state index in [-0.39, 0.29) is 12.3 Å². The molecule has 29 heavy (non-hydrogen) atoms. The number of pyridine rings is 1. The number of hydrogen-bond acceptors (Lipinski definition) is 6. The van der Waals surface area contributed by atoms with Gasteiger partial charge in [-0.25, -0.2) is 12.9 Å². The Morgan fingerprint density at radius 3 is 2.72 bits per heavy atom. The topological polar surface area (TPSA) is 111 Å². The molecule has 4 rings (SSSR count). The van der Waals surface area contributed by atoms with E-state index in [1.54, 1.807) is 60.2 Å². The molecule has 3 heterocycles. The minimum Gasteiger partial charge on any atom is -0.482 e. The van der Waals surface area contributed by atoms with Crippen molar-refractivity contribution in [3.8, 4) is 11.5 Å². The Morgan fingerprint density at radius 1 is 1.17 bits per heavy atom. The van der Waals surface area contributed by atoms with Gasteiger partial charge >= 0.3 is 0 Å². The number of aromatic nitrogens is 2. The van der Waals surface area contributed by atoms with Gasteiger partial charge in [0.15, 0.2) is 11.5 Å². The summed E-state index contributed by atoms with van der Waals surface area (Å²) in [5, 5.41) is 6.66. The van der Waals surface area contributed by atoms with Gasteiger partial charge in [0.05, 0.1) is 17.0 Å². The highest BCUT2D eigenvalue weighted by Gasteiger charge is 2.33. The maximum atomic E-state index is 12.4. The van der Waals surface area contributed by atoms with Gasteiger partial charge in [-0.2, -0.15) is 5.10 Å². The zero-order chi connectivity index (χ0) is 20.4. The minimum absolute atomic E-state index is 0.0582. The van der Waals surface area contributed by atoms with Crippen molar-refractivity contribution in [2.45, 2.75) is 19.1 Å². The number of fused-ring (bicyclic) bond motifs is 2. The van der Waals surface area contributed by atoms with Gasteiger partial charge in [-0.1, -0.05) is 12.1 Å². The van der Waals surface area contributed by atoms with E-state index in [1.165, 1.54) is 0 Å². The summed E-state index contributed by atoms with van der Waals surface area (Å²) in [5.74, 6) is 0.353. The molecule has 152 valence electrons. The number of ether oxygens (including phenoxy) is 2. The van der Waals surface area contributed by atoms with E-state index in [0.29, 0.717) is 17.2 Å². The van der Waals surface area contributed by atoms with Gasteiger partial charge in [0.1, 0.15) is 6.10 Å². The Labute approximate surface area is 167 Å². The lowest BCUT2D eigenvalue weighted by molar-refractivity contribution is -0.133. The summed E-state index contributed by atoms with van der Waals surface area (Å²) >= 11 is 0. The molecule has 0 saturated heterocycles. The summed E-state index contributed by atoms with van der Waals surface area (Å²) in [5.41, 5.74) is 1.20. The second kappa shape index (κ2) is 7.63. The predicted molar refractivity (Wildman–Crippen MR) is 107 cm³/mol. The van der Waals surface area contributed by atoms with E-state index >= 15 is 0 Å². The third-order valence-electron chi connectivity index (χ3n) is 4.44. The Bertz CT molecular complexity index is 1140. The maximum absolute atomic E-state index is 12.4. The average molecular weight is 416 g/mol. The van der Waals surface area contributed by atoms with Crippen molar-refractivity contribution >= 4 is 27.1 Å². The lowest BCUT2D eigenvalue weighted by atomic mass is 10.1. The number of hydrogen-bond donors (Lipinski definition) is 2. The van der Waals surface area contributed by atoms with Crippen LogP contribution in [0.5, 0.6) is 11.5 Å². The number of rotatable bonds is 6. The zero-order valence-electron chi connectivity index (χ0n) is 15.6. The molecule has 0 fully saturated rings. The fraction of sp³-hybridized carbons (Fsp3) is 0.263. The molecule has 0 bridgehead atoms. The van der Waals surface area contributed by atoms with Crippen molar-refractivity contribution in [1.29, 1.82) is 0 Å². The summed E-state index contributed by atoms with van der Waals surface area (Å²) in [4.78, 5) is 12.4. The quantitative estimate of drug-likeness (QED) is 0.629.